The Labute approximate surface area is 192 Å². The van der Waals surface area contributed by atoms with Gasteiger partial charge in [0.25, 0.3) is 0 Å². The number of halogens is 1. The fourth-order valence-electron chi connectivity index (χ4n) is 4.12. The molecule has 4 aromatic carbocycles. The Morgan fingerprint density at radius 1 is 0.613 bits per heavy atom. The summed E-state index contributed by atoms with van der Waals surface area (Å²) in [5, 5.41) is 0.621. The van der Waals surface area contributed by atoms with Gasteiger partial charge in [0.05, 0.1) is 0 Å². The van der Waals surface area contributed by atoms with Crippen LogP contribution in [0.5, 0.6) is 0 Å². The van der Waals surface area contributed by atoms with Crippen LogP contribution in [0.4, 0.5) is 0 Å². The molecule has 0 aliphatic carbocycles. The first kappa shape index (κ1) is 22.0. The van der Waals surface area contributed by atoms with Crippen LogP contribution in [0.2, 0.25) is 0 Å². The van der Waals surface area contributed by atoms with Gasteiger partial charge in [-0.15, -0.1) is 0 Å². The summed E-state index contributed by atoms with van der Waals surface area (Å²) in [5.74, 6) is 0. The van der Waals surface area contributed by atoms with Gasteiger partial charge in [-0.1, -0.05) is 0 Å². The van der Waals surface area contributed by atoms with Gasteiger partial charge in [-0.05, 0) is 0 Å². The van der Waals surface area contributed by atoms with Crippen molar-refractivity contribution in [1.82, 2.24) is 0 Å². The van der Waals surface area contributed by atoms with E-state index < -0.39 is 15.1 Å². The Hall–Kier alpha value is -2.26. The molecule has 158 valence electrons. The van der Waals surface area contributed by atoms with Crippen molar-refractivity contribution in [2.75, 3.05) is 6.26 Å². The molecule has 31 heavy (non-hydrogen) atoms. The van der Waals surface area contributed by atoms with E-state index in [1.54, 1.807) is 12.1 Å². The second-order valence-electron chi connectivity index (χ2n) is 7.76. The van der Waals surface area contributed by atoms with Crippen molar-refractivity contribution >= 4 is 46.5 Å². The van der Waals surface area contributed by atoms with Crippen molar-refractivity contribution in [3.63, 3.8) is 0 Å². The quantitative estimate of drug-likeness (QED) is 0.324. The van der Waals surface area contributed by atoms with E-state index in [1.807, 2.05) is 30.3 Å². The van der Waals surface area contributed by atoms with Gasteiger partial charge in [0.1, 0.15) is 0 Å². The Morgan fingerprint density at radius 2 is 0.968 bits per heavy atom. The van der Waals surface area contributed by atoms with Crippen LogP contribution in [0, 0.1) is 0 Å². The van der Waals surface area contributed by atoms with Gasteiger partial charge in [0.2, 0.25) is 0 Å². The van der Waals surface area contributed by atoms with Crippen molar-refractivity contribution in [3.05, 3.63) is 121 Å². The van der Waals surface area contributed by atoms with Crippen molar-refractivity contribution in [2.45, 2.75) is 11.1 Å². The van der Waals surface area contributed by atoms with E-state index in [9.17, 15) is 8.42 Å². The SMILES string of the molecule is CS(=O)(=O)c1ccc(CP(Br)(c2ccccc2)(c2ccccc2)c2ccccc2)cc1. The summed E-state index contributed by atoms with van der Waals surface area (Å²) in [7, 11) is -3.24. The molecule has 5 heteroatoms. The van der Waals surface area contributed by atoms with E-state index in [2.05, 4.69) is 88.3 Å². The summed E-state index contributed by atoms with van der Waals surface area (Å²) in [6.45, 7) is 0. The standard InChI is InChI=1S/C26H24BrO2PS/c1-31(28,29)26-19-17-22(18-20-26)21-30(27,23-11-5-2-6-12-23,24-13-7-3-8-14-24)25-15-9-4-10-16-25/h2-20H,21H2,1H3. The van der Waals surface area contributed by atoms with Gasteiger partial charge >= 0.3 is 193 Å². The zero-order chi connectivity index (χ0) is 22.0. The maximum atomic E-state index is 12.0. The molecule has 0 fully saturated rings. The molecule has 0 aliphatic rings. The number of sulfone groups is 1. The Bertz CT molecular complexity index is 1170. The molecule has 4 aromatic rings. The molecule has 0 N–H and O–H groups in total. The predicted molar refractivity (Wildman–Crippen MR) is 137 cm³/mol. The Morgan fingerprint density at radius 3 is 1.29 bits per heavy atom. The van der Waals surface area contributed by atoms with E-state index in [-0.39, 0.29) is 0 Å². The third-order valence-electron chi connectivity index (χ3n) is 5.71. The number of hydrogen-bond donors (Lipinski definition) is 0. The molecule has 0 spiro atoms. The normalized spacial score (nSPS) is 13.3. The molecular weight excluding hydrogens is 487 g/mol. The predicted octanol–water partition coefficient (Wildman–Crippen LogP) is 5.43. The molecule has 0 bridgehead atoms. The van der Waals surface area contributed by atoms with E-state index in [0.717, 1.165) is 11.7 Å². The van der Waals surface area contributed by atoms with Crippen LogP contribution < -0.4 is 15.9 Å². The van der Waals surface area contributed by atoms with Crippen LogP contribution in [0.1, 0.15) is 5.56 Å². The van der Waals surface area contributed by atoms with Crippen LogP contribution in [-0.2, 0) is 16.0 Å². The van der Waals surface area contributed by atoms with E-state index in [0.29, 0.717) is 4.90 Å². The van der Waals surface area contributed by atoms with Gasteiger partial charge in [-0.2, -0.15) is 0 Å². The third-order valence-corrected chi connectivity index (χ3v) is 16.4. The molecule has 2 nitrogen and oxygen atoms in total. The molecule has 0 radical (unpaired) electrons. The molecule has 0 unspecified atom stereocenters. The molecule has 0 aliphatic heterocycles. The Balaban J connectivity index is 2.01. The van der Waals surface area contributed by atoms with Crippen molar-refractivity contribution < 1.29 is 8.42 Å². The topological polar surface area (TPSA) is 34.1 Å². The number of benzene rings is 4. The summed E-state index contributed by atoms with van der Waals surface area (Å²) in [6, 6.07) is 39.0. The van der Waals surface area contributed by atoms with Gasteiger partial charge in [0.15, 0.2) is 0 Å². The zero-order valence-electron chi connectivity index (χ0n) is 17.2. The number of rotatable bonds is 6. The molecule has 0 saturated heterocycles. The van der Waals surface area contributed by atoms with Crippen molar-refractivity contribution in [2.24, 2.45) is 0 Å². The molecule has 0 atom stereocenters. The molecule has 0 aromatic heterocycles. The monoisotopic (exact) mass is 510 g/mol. The summed E-state index contributed by atoms with van der Waals surface area (Å²) in [6.07, 6.45) is 1.97. The van der Waals surface area contributed by atoms with Crippen LogP contribution in [-0.4, -0.2) is 14.7 Å². The fraction of sp³-hybridized carbons (Fsp3) is 0.0769. The molecular formula is C26H24BrO2PS. The summed E-state index contributed by atoms with van der Waals surface area (Å²) >= 11 is 4.42. The van der Waals surface area contributed by atoms with Gasteiger partial charge in [-0.25, -0.2) is 0 Å². The van der Waals surface area contributed by atoms with Crippen LogP contribution >= 0.6 is 20.8 Å². The first-order valence-electron chi connectivity index (χ1n) is 10.0. The molecule has 0 heterocycles. The summed E-state index contributed by atoms with van der Waals surface area (Å²) in [4.78, 5) is 0.338. The maximum absolute atomic E-state index is 12.0. The zero-order valence-corrected chi connectivity index (χ0v) is 20.5. The average molecular weight is 511 g/mol. The fourth-order valence-corrected chi connectivity index (χ4v) is 12.5. The first-order valence-corrected chi connectivity index (χ1v) is 16.3. The number of hydrogen-bond acceptors (Lipinski definition) is 2. The van der Waals surface area contributed by atoms with Crippen molar-refractivity contribution in [1.29, 1.82) is 0 Å². The molecule has 4 rings (SSSR count). The minimum absolute atomic E-state index is 0.338. The summed E-state index contributed by atoms with van der Waals surface area (Å²) < 4.78 is 23.9. The van der Waals surface area contributed by atoms with Crippen LogP contribution in [0.25, 0.3) is 0 Å². The van der Waals surface area contributed by atoms with Crippen LogP contribution in [0.15, 0.2) is 120 Å². The molecule has 0 amide bonds. The van der Waals surface area contributed by atoms with Gasteiger partial charge in [-0.3, -0.25) is 0 Å². The first-order chi connectivity index (χ1) is 14.8. The second kappa shape index (κ2) is 8.35. The second-order valence-corrected chi connectivity index (χ2v) is 18.7. The van der Waals surface area contributed by atoms with E-state index in [1.165, 1.54) is 22.2 Å². The van der Waals surface area contributed by atoms with Gasteiger partial charge < -0.3 is 0 Å². The van der Waals surface area contributed by atoms with E-state index in [4.69, 9.17) is 0 Å². The summed E-state index contributed by atoms with van der Waals surface area (Å²) in [5.41, 5.74) is 1.08. The van der Waals surface area contributed by atoms with E-state index >= 15 is 0 Å². The molecule has 0 saturated carbocycles. The minimum atomic E-state index is -3.24. The van der Waals surface area contributed by atoms with Crippen LogP contribution in [0.3, 0.4) is 0 Å². The third kappa shape index (κ3) is 4.01. The average Bonchev–Trinajstić information content (AvgIpc) is 2.81. The van der Waals surface area contributed by atoms with Crippen molar-refractivity contribution in [3.8, 4) is 0 Å². The Kier molecular flexibility index (Phi) is 5.91. The van der Waals surface area contributed by atoms with Gasteiger partial charge in [0, 0.05) is 0 Å².